The van der Waals surface area contributed by atoms with Crippen molar-refractivity contribution in [2.45, 2.75) is 29.7 Å². The number of rotatable bonds is 5. The molecule has 0 spiro atoms. The van der Waals surface area contributed by atoms with E-state index in [-0.39, 0.29) is 6.04 Å². The van der Waals surface area contributed by atoms with Crippen molar-refractivity contribution >= 4 is 23.4 Å². The van der Waals surface area contributed by atoms with E-state index in [0.717, 1.165) is 28.5 Å². The number of halogens is 1. The summed E-state index contributed by atoms with van der Waals surface area (Å²) in [7, 11) is 0. The molecule has 3 N–H and O–H groups in total. The van der Waals surface area contributed by atoms with E-state index < -0.39 is 0 Å². The molecule has 1 aromatic heterocycles. The van der Waals surface area contributed by atoms with Gasteiger partial charge in [-0.05, 0) is 36.6 Å². The average molecular weight is 320 g/mol. The fraction of sp³-hybridized carbons (Fsp3) is 0.312. The molecule has 2 aromatic rings. The predicted octanol–water partition coefficient (Wildman–Crippen LogP) is 3.39. The molecule has 3 rings (SSSR count). The average Bonchev–Trinajstić information content (AvgIpc) is 2.94. The van der Waals surface area contributed by atoms with Gasteiger partial charge >= 0.3 is 0 Å². The Balaban J connectivity index is 1.71. The molecule has 2 atom stereocenters. The Morgan fingerprint density at radius 2 is 2.19 bits per heavy atom. The van der Waals surface area contributed by atoms with Crippen molar-refractivity contribution in [1.82, 2.24) is 10.4 Å². The van der Waals surface area contributed by atoms with Crippen LogP contribution < -0.4 is 11.3 Å². The zero-order chi connectivity index (χ0) is 14.7. The highest BCUT2D eigenvalue weighted by atomic mass is 35.5. The third-order valence-corrected chi connectivity index (χ3v) is 5.59. The van der Waals surface area contributed by atoms with Gasteiger partial charge in [0.05, 0.1) is 5.02 Å². The number of hydrogen-bond donors (Lipinski definition) is 2. The SMILES string of the molecule is NNC(CSc1ccccc1Cl)C1CCc2cccnc21. The van der Waals surface area contributed by atoms with Crippen molar-refractivity contribution < 1.29 is 0 Å². The lowest BCUT2D eigenvalue weighted by Crippen LogP contribution is -2.41. The van der Waals surface area contributed by atoms with Gasteiger partial charge in [-0.15, -0.1) is 11.8 Å². The number of hydrazine groups is 1. The van der Waals surface area contributed by atoms with E-state index in [4.69, 9.17) is 17.4 Å². The van der Waals surface area contributed by atoms with Gasteiger partial charge in [-0.3, -0.25) is 16.3 Å². The molecule has 0 bridgehead atoms. The van der Waals surface area contributed by atoms with Gasteiger partial charge in [0.2, 0.25) is 0 Å². The largest absolute Gasteiger partial charge is 0.271 e. The standard InChI is InChI=1S/C16H18ClN3S/c17-13-5-1-2-6-15(13)21-10-14(20-18)12-8-7-11-4-3-9-19-16(11)12/h1-6,9,12,14,20H,7-8,10,18H2. The summed E-state index contributed by atoms with van der Waals surface area (Å²) in [6.45, 7) is 0. The van der Waals surface area contributed by atoms with E-state index in [0.29, 0.717) is 5.92 Å². The van der Waals surface area contributed by atoms with Crippen molar-refractivity contribution in [3.63, 3.8) is 0 Å². The molecular formula is C16H18ClN3S. The van der Waals surface area contributed by atoms with Crippen LogP contribution in [-0.4, -0.2) is 16.8 Å². The molecule has 0 amide bonds. The minimum absolute atomic E-state index is 0.197. The van der Waals surface area contributed by atoms with Crippen LogP contribution in [0.3, 0.4) is 0 Å². The monoisotopic (exact) mass is 319 g/mol. The van der Waals surface area contributed by atoms with Gasteiger partial charge in [0, 0.05) is 34.5 Å². The molecule has 0 fully saturated rings. The number of benzene rings is 1. The maximum absolute atomic E-state index is 6.21. The van der Waals surface area contributed by atoms with Gasteiger partial charge < -0.3 is 0 Å². The van der Waals surface area contributed by atoms with Crippen molar-refractivity contribution in [1.29, 1.82) is 0 Å². The molecule has 110 valence electrons. The number of hydrogen-bond acceptors (Lipinski definition) is 4. The molecule has 0 radical (unpaired) electrons. The number of aryl methyl sites for hydroxylation is 1. The van der Waals surface area contributed by atoms with E-state index in [1.165, 1.54) is 11.3 Å². The maximum atomic E-state index is 6.21. The number of nitrogens with one attached hydrogen (secondary N) is 1. The van der Waals surface area contributed by atoms with Gasteiger partial charge in [0.25, 0.3) is 0 Å². The van der Waals surface area contributed by atoms with Crippen LogP contribution in [0, 0.1) is 0 Å². The lowest BCUT2D eigenvalue weighted by molar-refractivity contribution is 0.468. The second kappa shape index (κ2) is 6.79. The second-order valence-corrected chi connectivity index (χ2v) is 6.68. The lowest BCUT2D eigenvalue weighted by Gasteiger charge is -2.22. The molecule has 21 heavy (non-hydrogen) atoms. The van der Waals surface area contributed by atoms with Crippen LogP contribution in [0.2, 0.25) is 5.02 Å². The Bertz CT molecular complexity index is 620. The zero-order valence-corrected chi connectivity index (χ0v) is 13.2. The third-order valence-electron chi connectivity index (χ3n) is 3.96. The summed E-state index contributed by atoms with van der Waals surface area (Å²) in [6, 6.07) is 12.3. The first-order valence-electron chi connectivity index (χ1n) is 7.07. The second-order valence-electron chi connectivity index (χ2n) is 5.21. The molecule has 2 unspecified atom stereocenters. The normalized spacial score (nSPS) is 18.5. The number of pyridine rings is 1. The number of thioether (sulfide) groups is 1. The first kappa shape index (κ1) is 14.9. The molecule has 1 aliphatic rings. The topological polar surface area (TPSA) is 50.9 Å². The van der Waals surface area contributed by atoms with Crippen LogP contribution >= 0.6 is 23.4 Å². The molecule has 3 nitrogen and oxygen atoms in total. The minimum atomic E-state index is 0.197. The summed E-state index contributed by atoms with van der Waals surface area (Å²) >= 11 is 7.95. The number of aromatic nitrogens is 1. The Hall–Kier alpha value is -1.07. The smallest absolute Gasteiger partial charge is 0.0541 e. The Morgan fingerprint density at radius 1 is 1.33 bits per heavy atom. The van der Waals surface area contributed by atoms with Crippen LogP contribution in [0.5, 0.6) is 0 Å². The van der Waals surface area contributed by atoms with Crippen molar-refractivity contribution in [2.75, 3.05) is 5.75 Å². The van der Waals surface area contributed by atoms with Crippen LogP contribution in [-0.2, 0) is 6.42 Å². The van der Waals surface area contributed by atoms with Crippen molar-refractivity contribution in [3.8, 4) is 0 Å². The number of nitrogens with two attached hydrogens (primary N) is 1. The van der Waals surface area contributed by atoms with Crippen LogP contribution in [0.25, 0.3) is 0 Å². The lowest BCUT2D eigenvalue weighted by atomic mass is 9.99. The quantitative estimate of drug-likeness (QED) is 0.504. The zero-order valence-electron chi connectivity index (χ0n) is 11.6. The molecule has 0 saturated heterocycles. The molecule has 0 aliphatic heterocycles. The van der Waals surface area contributed by atoms with E-state index in [1.54, 1.807) is 11.8 Å². The molecule has 1 aliphatic carbocycles. The summed E-state index contributed by atoms with van der Waals surface area (Å²) in [4.78, 5) is 5.65. The highest BCUT2D eigenvalue weighted by Crippen LogP contribution is 2.36. The fourth-order valence-corrected chi connectivity index (χ4v) is 4.23. The Kier molecular flexibility index (Phi) is 4.80. The number of nitrogens with zero attached hydrogens (tertiary/aromatic N) is 1. The van der Waals surface area contributed by atoms with E-state index in [2.05, 4.69) is 16.5 Å². The van der Waals surface area contributed by atoms with Gasteiger partial charge in [0.15, 0.2) is 0 Å². The van der Waals surface area contributed by atoms with Gasteiger partial charge in [-0.2, -0.15) is 0 Å². The number of fused-ring (bicyclic) bond motifs is 1. The highest BCUT2D eigenvalue weighted by Gasteiger charge is 2.30. The third kappa shape index (κ3) is 3.24. The fourth-order valence-electron chi connectivity index (χ4n) is 2.86. The van der Waals surface area contributed by atoms with Crippen LogP contribution in [0.4, 0.5) is 0 Å². The summed E-state index contributed by atoms with van der Waals surface area (Å²) < 4.78 is 0. The van der Waals surface area contributed by atoms with Crippen LogP contribution in [0.15, 0.2) is 47.5 Å². The highest BCUT2D eigenvalue weighted by molar-refractivity contribution is 7.99. The summed E-state index contributed by atoms with van der Waals surface area (Å²) in [5.74, 6) is 7.04. The first-order valence-corrected chi connectivity index (χ1v) is 8.43. The maximum Gasteiger partial charge on any atom is 0.0541 e. The Labute approximate surface area is 134 Å². The van der Waals surface area contributed by atoms with Gasteiger partial charge in [-0.25, -0.2) is 0 Å². The molecular weight excluding hydrogens is 302 g/mol. The van der Waals surface area contributed by atoms with E-state index >= 15 is 0 Å². The molecule has 1 heterocycles. The van der Waals surface area contributed by atoms with E-state index in [1.807, 2.05) is 36.5 Å². The van der Waals surface area contributed by atoms with Crippen LogP contribution in [0.1, 0.15) is 23.6 Å². The first-order chi connectivity index (χ1) is 10.3. The molecule has 0 saturated carbocycles. The molecule has 5 heteroatoms. The predicted molar refractivity (Wildman–Crippen MR) is 88.6 cm³/mol. The van der Waals surface area contributed by atoms with Crippen molar-refractivity contribution in [3.05, 3.63) is 58.9 Å². The summed E-state index contributed by atoms with van der Waals surface area (Å²) in [6.07, 6.45) is 4.05. The summed E-state index contributed by atoms with van der Waals surface area (Å²) in [5.41, 5.74) is 5.52. The van der Waals surface area contributed by atoms with Gasteiger partial charge in [0.1, 0.15) is 0 Å². The van der Waals surface area contributed by atoms with Crippen molar-refractivity contribution in [2.24, 2.45) is 5.84 Å². The molecule has 1 aromatic carbocycles. The summed E-state index contributed by atoms with van der Waals surface area (Å²) in [5, 5.41) is 0.795. The van der Waals surface area contributed by atoms with Gasteiger partial charge in [-0.1, -0.05) is 29.8 Å². The minimum Gasteiger partial charge on any atom is -0.271 e. The Morgan fingerprint density at radius 3 is 3.00 bits per heavy atom. The van der Waals surface area contributed by atoms with E-state index in [9.17, 15) is 0 Å².